The van der Waals surface area contributed by atoms with Gasteiger partial charge in [-0.05, 0) is 43.5 Å². The van der Waals surface area contributed by atoms with Gasteiger partial charge in [0.05, 0.1) is 5.69 Å². The van der Waals surface area contributed by atoms with E-state index in [0.29, 0.717) is 12.1 Å². The normalized spacial score (nSPS) is 11.4. The number of benzene rings is 1. The molecule has 0 aliphatic carbocycles. The van der Waals surface area contributed by atoms with Crippen molar-refractivity contribution in [1.82, 2.24) is 4.98 Å². The Labute approximate surface area is 118 Å². The highest BCUT2D eigenvalue weighted by Gasteiger charge is 2.11. The van der Waals surface area contributed by atoms with Gasteiger partial charge in [-0.15, -0.1) is 0 Å². The number of nitrogens with one attached hydrogen (secondary N) is 1. The second-order valence-electron chi connectivity index (χ2n) is 5.22. The molecule has 0 aliphatic rings. The van der Waals surface area contributed by atoms with Crippen LogP contribution in [-0.2, 0) is 11.1 Å². The van der Waals surface area contributed by atoms with Crippen LogP contribution in [0.2, 0.25) is 0 Å². The molecule has 106 valence electrons. The Kier molecular flexibility index (Phi) is 4.24. The SMILES string of the molecule is Cc1cc(CNc2cncc(P(C)(C)=O)c2)ccc1F. The summed E-state index contributed by atoms with van der Waals surface area (Å²) in [4.78, 5) is 4.10. The van der Waals surface area contributed by atoms with Crippen molar-refractivity contribution >= 4 is 18.1 Å². The Hall–Kier alpha value is -1.67. The molecule has 0 aliphatic heterocycles. The number of anilines is 1. The maximum Gasteiger partial charge on any atom is 0.126 e. The van der Waals surface area contributed by atoms with E-state index in [2.05, 4.69) is 10.3 Å². The quantitative estimate of drug-likeness (QED) is 0.878. The van der Waals surface area contributed by atoms with Crippen LogP contribution in [0.1, 0.15) is 11.1 Å². The first-order valence-electron chi connectivity index (χ1n) is 6.36. The van der Waals surface area contributed by atoms with E-state index < -0.39 is 7.14 Å². The van der Waals surface area contributed by atoms with E-state index in [9.17, 15) is 8.96 Å². The molecule has 1 N–H and O–H groups in total. The average Bonchev–Trinajstić information content (AvgIpc) is 2.39. The molecule has 0 radical (unpaired) electrons. The highest BCUT2D eigenvalue weighted by molar-refractivity contribution is 7.70. The summed E-state index contributed by atoms with van der Waals surface area (Å²) in [7, 11) is -2.31. The van der Waals surface area contributed by atoms with E-state index in [0.717, 1.165) is 16.6 Å². The van der Waals surface area contributed by atoms with Crippen LogP contribution < -0.4 is 10.6 Å². The number of halogens is 1. The van der Waals surface area contributed by atoms with Crippen LogP contribution in [0, 0.1) is 12.7 Å². The molecule has 0 saturated carbocycles. The van der Waals surface area contributed by atoms with E-state index in [4.69, 9.17) is 0 Å². The molecule has 0 amide bonds. The first-order chi connectivity index (χ1) is 9.36. The van der Waals surface area contributed by atoms with Gasteiger partial charge in [0.25, 0.3) is 0 Å². The minimum atomic E-state index is -2.31. The van der Waals surface area contributed by atoms with E-state index in [-0.39, 0.29) is 5.82 Å². The van der Waals surface area contributed by atoms with Gasteiger partial charge in [-0.2, -0.15) is 0 Å². The molecule has 0 saturated heterocycles. The third-order valence-electron chi connectivity index (χ3n) is 3.06. The molecular weight excluding hydrogens is 274 g/mol. The first kappa shape index (κ1) is 14.7. The fraction of sp³-hybridized carbons (Fsp3) is 0.267. The summed E-state index contributed by atoms with van der Waals surface area (Å²) < 4.78 is 25.2. The van der Waals surface area contributed by atoms with Crippen molar-refractivity contribution in [3.05, 3.63) is 53.6 Å². The maximum atomic E-state index is 13.2. The first-order valence-corrected chi connectivity index (χ1v) is 8.96. The Morgan fingerprint density at radius 1 is 1.25 bits per heavy atom. The monoisotopic (exact) mass is 292 g/mol. The van der Waals surface area contributed by atoms with Gasteiger partial charge >= 0.3 is 0 Å². The number of hydrogen-bond donors (Lipinski definition) is 1. The van der Waals surface area contributed by atoms with E-state index in [1.807, 2.05) is 12.1 Å². The van der Waals surface area contributed by atoms with Crippen molar-refractivity contribution in [2.45, 2.75) is 13.5 Å². The zero-order valence-electron chi connectivity index (χ0n) is 11.9. The maximum absolute atomic E-state index is 13.2. The lowest BCUT2D eigenvalue weighted by molar-refractivity contribution is 0.588. The minimum Gasteiger partial charge on any atom is -0.380 e. The molecule has 1 aromatic heterocycles. The van der Waals surface area contributed by atoms with Gasteiger partial charge in [0.15, 0.2) is 0 Å². The molecule has 20 heavy (non-hydrogen) atoms. The van der Waals surface area contributed by atoms with Gasteiger partial charge in [0.1, 0.15) is 13.0 Å². The van der Waals surface area contributed by atoms with Crippen LogP contribution in [0.4, 0.5) is 10.1 Å². The van der Waals surface area contributed by atoms with E-state index in [1.54, 1.807) is 38.7 Å². The zero-order valence-corrected chi connectivity index (χ0v) is 12.7. The number of aromatic nitrogens is 1. The second kappa shape index (κ2) is 5.76. The Morgan fingerprint density at radius 2 is 2.00 bits per heavy atom. The molecular formula is C15H18FN2OP. The molecule has 1 heterocycles. The predicted octanol–water partition coefficient (Wildman–Crippen LogP) is 3.39. The van der Waals surface area contributed by atoms with Gasteiger partial charge < -0.3 is 9.88 Å². The molecule has 0 atom stereocenters. The highest BCUT2D eigenvalue weighted by Crippen LogP contribution is 2.34. The summed E-state index contributed by atoms with van der Waals surface area (Å²) >= 11 is 0. The van der Waals surface area contributed by atoms with Gasteiger partial charge in [-0.1, -0.05) is 12.1 Å². The largest absolute Gasteiger partial charge is 0.380 e. The van der Waals surface area contributed by atoms with Crippen LogP contribution in [0.25, 0.3) is 0 Å². The molecule has 5 heteroatoms. The van der Waals surface area contributed by atoms with Gasteiger partial charge in [-0.25, -0.2) is 4.39 Å². The highest BCUT2D eigenvalue weighted by atomic mass is 31.2. The van der Waals surface area contributed by atoms with Crippen LogP contribution >= 0.6 is 7.14 Å². The molecule has 0 spiro atoms. The third-order valence-corrected chi connectivity index (χ3v) is 4.55. The summed E-state index contributed by atoms with van der Waals surface area (Å²) in [6.07, 6.45) is 3.32. The number of pyridine rings is 1. The summed E-state index contributed by atoms with van der Waals surface area (Å²) in [5.74, 6) is -0.199. The van der Waals surface area contributed by atoms with Gasteiger partial charge in [0.2, 0.25) is 0 Å². The van der Waals surface area contributed by atoms with Crippen LogP contribution in [0.5, 0.6) is 0 Å². The van der Waals surface area contributed by atoms with E-state index >= 15 is 0 Å². The zero-order chi connectivity index (χ0) is 14.8. The van der Waals surface area contributed by atoms with Crippen molar-refractivity contribution < 1.29 is 8.96 Å². The Morgan fingerprint density at radius 3 is 2.65 bits per heavy atom. The molecule has 2 rings (SSSR count). The summed E-state index contributed by atoms with van der Waals surface area (Å²) in [5, 5.41) is 3.96. The molecule has 0 fully saturated rings. The van der Waals surface area contributed by atoms with Crippen LogP contribution in [0.15, 0.2) is 36.7 Å². The Balaban J connectivity index is 2.11. The molecule has 0 unspecified atom stereocenters. The Bertz CT molecular complexity index is 667. The fourth-order valence-electron chi connectivity index (χ4n) is 1.84. The molecule has 1 aromatic carbocycles. The van der Waals surface area contributed by atoms with Crippen LogP contribution in [-0.4, -0.2) is 18.3 Å². The lowest BCUT2D eigenvalue weighted by atomic mass is 10.1. The minimum absolute atomic E-state index is 0.199. The number of rotatable bonds is 4. The number of hydrogen-bond acceptors (Lipinski definition) is 3. The topological polar surface area (TPSA) is 42.0 Å². The average molecular weight is 292 g/mol. The summed E-state index contributed by atoms with van der Waals surface area (Å²) in [5.41, 5.74) is 2.43. The van der Waals surface area contributed by atoms with Crippen molar-refractivity contribution in [2.24, 2.45) is 0 Å². The van der Waals surface area contributed by atoms with Gasteiger partial charge in [0, 0.05) is 24.2 Å². The number of aryl methyl sites for hydroxylation is 1. The standard InChI is InChI=1S/C15H18FN2OP/c1-11-6-12(4-5-15(11)16)8-18-13-7-14(10-17-9-13)20(2,3)19/h4-7,9-10,18H,8H2,1-3H3. The van der Waals surface area contributed by atoms with Crippen molar-refractivity contribution in [3.63, 3.8) is 0 Å². The summed E-state index contributed by atoms with van der Waals surface area (Å²) in [6, 6.07) is 6.87. The lowest BCUT2D eigenvalue weighted by Crippen LogP contribution is -2.07. The number of nitrogens with zero attached hydrogens (tertiary/aromatic N) is 1. The van der Waals surface area contributed by atoms with Crippen molar-refractivity contribution in [1.29, 1.82) is 0 Å². The lowest BCUT2D eigenvalue weighted by Gasteiger charge is -2.11. The van der Waals surface area contributed by atoms with Crippen molar-refractivity contribution in [3.8, 4) is 0 Å². The predicted molar refractivity (Wildman–Crippen MR) is 81.8 cm³/mol. The third kappa shape index (κ3) is 3.67. The smallest absolute Gasteiger partial charge is 0.126 e. The molecule has 3 nitrogen and oxygen atoms in total. The summed E-state index contributed by atoms with van der Waals surface area (Å²) in [6.45, 7) is 5.75. The van der Waals surface area contributed by atoms with E-state index in [1.165, 1.54) is 6.07 Å². The fourth-order valence-corrected chi connectivity index (χ4v) is 2.63. The van der Waals surface area contributed by atoms with Crippen LogP contribution in [0.3, 0.4) is 0 Å². The van der Waals surface area contributed by atoms with Crippen molar-refractivity contribution in [2.75, 3.05) is 18.6 Å². The molecule has 0 bridgehead atoms. The molecule has 2 aromatic rings. The van der Waals surface area contributed by atoms with Gasteiger partial charge in [-0.3, -0.25) is 4.98 Å². The second-order valence-corrected chi connectivity index (χ2v) is 8.44.